The van der Waals surface area contributed by atoms with Crippen LogP contribution in [0.15, 0.2) is 47.4 Å². The van der Waals surface area contributed by atoms with E-state index in [1.54, 1.807) is 31.2 Å². The van der Waals surface area contributed by atoms with Crippen LogP contribution >= 0.6 is 23.2 Å². The predicted molar refractivity (Wildman–Crippen MR) is 141 cm³/mol. The predicted octanol–water partition coefficient (Wildman–Crippen LogP) is 4.39. The van der Waals surface area contributed by atoms with E-state index >= 15 is 0 Å². The number of hydrogen-bond donors (Lipinski definition) is 1. The molecule has 0 aromatic heterocycles. The number of carbonyl (C=O) groups excluding carboxylic acids is 3. The average Bonchev–Trinajstić information content (AvgIpc) is 3.07. The van der Waals surface area contributed by atoms with Crippen LogP contribution < -0.4 is 5.32 Å². The van der Waals surface area contributed by atoms with Crippen LogP contribution in [0.1, 0.15) is 61.4 Å². The summed E-state index contributed by atoms with van der Waals surface area (Å²) < 4.78 is 26.7. The van der Waals surface area contributed by atoms with Crippen molar-refractivity contribution in [3.8, 4) is 0 Å². The van der Waals surface area contributed by atoms with Crippen molar-refractivity contribution < 1.29 is 22.8 Å². The molecule has 2 aliphatic rings. The van der Waals surface area contributed by atoms with Gasteiger partial charge in [-0.15, -0.1) is 0 Å². The number of rotatable bonds is 8. The topological polar surface area (TPSA) is 104 Å². The van der Waals surface area contributed by atoms with Crippen molar-refractivity contribution in [1.29, 1.82) is 0 Å². The molecule has 1 fully saturated rings. The summed E-state index contributed by atoms with van der Waals surface area (Å²) in [7, 11) is -4.21. The second-order valence-corrected chi connectivity index (χ2v) is 11.9. The molecule has 4 rings (SSSR count). The maximum absolute atomic E-state index is 13.7. The third-order valence-corrected chi connectivity index (χ3v) is 9.41. The molecule has 11 heteroatoms. The molecule has 1 heterocycles. The van der Waals surface area contributed by atoms with Crippen LogP contribution in [0.3, 0.4) is 0 Å². The van der Waals surface area contributed by atoms with Crippen molar-refractivity contribution >= 4 is 50.9 Å². The molecule has 1 N–H and O–H groups in total. The van der Waals surface area contributed by atoms with E-state index in [1.807, 2.05) is 0 Å². The summed E-state index contributed by atoms with van der Waals surface area (Å²) in [5.41, 5.74) is 0.445. The van der Waals surface area contributed by atoms with Crippen molar-refractivity contribution in [2.45, 2.75) is 69.0 Å². The fourth-order valence-electron chi connectivity index (χ4n) is 4.92. The number of nitrogens with zero attached hydrogens (tertiary/aromatic N) is 2. The van der Waals surface area contributed by atoms with Crippen LogP contribution in [0.2, 0.25) is 10.0 Å². The molecule has 0 radical (unpaired) electrons. The molecule has 0 unspecified atom stereocenters. The van der Waals surface area contributed by atoms with Gasteiger partial charge in [0.1, 0.15) is 17.5 Å². The second-order valence-electron chi connectivity index (χ2n) is 9.30. The lowest BCUT2D eigenvalue weighted by Crippen LogP contribution is -2.53. The summed E-state index contributed by atoms with van der Waals surface area (Å²) in [6.07, 6.45) is 5.17. The van der Waals surface area contributed by atoms with E-state index in [1.165, 1.54) is 23.1 Å². The lowest BCUT2D eigenvalue weighted by Gasteiger charge is -2.33. The molecular weight excluding hydrogens is 537 g/mol. The van der Waals surface area contributed by atoms with Crippen molar-refractivity contribution in [2.24, 2.45) is 0 Å². The summed E-state index contributed by atoms with van der Waals surface area (Å²) in [5.74, 6) is -1.81. The Labute approximate surface area is 227 Å². The van der Waals surface area contributed by atoms with Crippen molar-refractivity contribution in [3.05, 3.63) is 63.6 Å². The smallest absolute Gasteiger partial charge is 0.269 e. The largest absolute Gasteiger partial charge is 0.352 e. The van der Waals surface area contributed by atoms with Crippen LogP contribution in [0, 0.1) is 0 Å². The highest BCUT2D eigenvalue weighted by molar-refractivity contribution is 7.90. The second kappa shape index (κ2) is 11.4. The Morgan fingerprint density at radius 1 is 1.05 bits per heavy atom. The fourth-order valence-corrected chi connectivity index (χ4v) is 6.95. The standard InChI is InChI=1S/C26H29Cl2N3O5S/c1-2-22(25(33)29-17-9-4-3-5-10-17)30(15-19-20(27)12-8-13-21(19)28)24(32)16-31-26(34)18-11-6-7-14-23(18)37(31,35)36/h6-8,11-14,17,22H,2-5,9-10,15-16H2,1H3,(H,29,33)/t22-/m1/s1. The molecule has 0 bridgehead atoms. The number of carbonyl (C=O) groups is 3. The highest BCUT2D eigenvalue weighted by Crippen LogP contribution is 2.31. The first-order valence-electron chi connectivity index (χ1n) is 12.3. The van der Waals surface area contributed by atoms with Gasteiger partial charge in [0, 0.05) is 28.2 Å². The Bertz CT molecular complexity index is 1290. The molecule has 2 aromatic carbocycles. The first-order chi connectivity index (χ1) is 17.6. The van der Waals surface area contributed by atoms with E-state index in [0.29, 0.717) is 19.9 Å². The molecule has 37 heavy (non-hydrogen) atoms. The monoisotopic (exact) mass is 565 g/mol. The van der Waals surface area contributed by atoms with E-state index in [0.717, 1.165) is 32.1 Å². The minimum absolute atomic E-state index is 0.0121. The maximum atomic E-state index is 13.7. The molecule has 2 aromatic rings. The quantitative estimate of drug-likeness (QED) is 0.511. The van der Waals surface area contributed by atoms with Gasteiger partial charge in [0.25, 0.3) is 15.9 Å². The number of sulfonamides is 1. The summed E-state index contributed by atoms with van der Waals surface area (Å²) in [5, 5.41) is 3.68. The maximum Gasteiger partial charge on any atom is 0.269 e. The van der Waals surface area contributed by atoms with Gasteiger partial charge in [-0.1, -0.05) is 67.6 Å². The van der Waals surface area contributed by atoms with E-state index in [2.05, 4.69) is 5.32 Å². The Hall–Kier alpha value is -2.62. The molecule has 0 spiro atoms. The van der Waals surface area contributed by atoms with E-state index in [-0.39, 0.29) is 35.4 Å². The van der Waals surface area contributed by atoms with Gasteiger partial charge < -0.3 is 10.2 Å². The summed E-state index contributed by atoms with van der Waals surface area (Å²) >= 11 is 12.8. The van der Waals surface area contributed by atoms with Crippen molar-refractivity contribution in [1.82, 2.24) is 14.5 Å². The van der Waals surface area contributed by atoms with Crippen LogP contribution in [0.4, 0.5) is 0 Å². The number of fused-ring (bicyclic) bond motifs is 1. The lowest BCUT2D eigenvalue weighted by molar-refractivity contribution is -0.141. The van der Waals surface area contributed by atoms with Gasteiger partial charge in [0.2, 0.25) is 11.8 Å². The molecule has 1 saturated carbocycles. The summed E-state index contributed by atoms with van der Waals surface area (Å²) in [6.45, 7) is 0.904. The highest BCUT2D eigenvalue weighted by Gasteiger charge is 2.43. The molecule has 1 aliphatic heterocycles. The minimum atomic E-state index is -4.21. The molecule has 3 amide bonds. The Balaban J connectivity index is 1.64. The lowest BCUT2D eigenvalue weighted by atomic mass is 9.95. The summed E-state index contributed by atoms with van der Waals surface area (Å²) in [4.78, 5) is 41.2. The number of amides is 3. The van der Waals surface area contributed by atoms with Gasteiger partial charge in [0.05, 0.1) is 5.56 Å². The van der Waals surface area contributed by atoms with Crippen molar-refractivity contribution in [2.75, 3.05) is 6.54 Å². The number of hydrogen-bond acceptors (Lipinski definition) is 5. The SMILES string of the molecule is CC[C@H](C(=O)NC1CCCCC1)N(Cc1c(Cl)cccc1Cl)C(=O)CN1C(=O)c2ccccc2S1(=O)=O. The minimum Gasteiger partial charge on any atom is -0.352 e. The Morgan fingerprint density at radius 3 is 2.32 bits per heavy atom. The van der Waals surface area contributed by atoms with Gasteiger partial charge in [-0.05, 0) is 43.5 Å². The van der Waals surface area contributed by atoms with Gasteiger partial charge >= 0.3 is 0 Å². The number of halogens is 2. The Kier molecular flexibility index (Phi) is 8.46. The van der Waals surface area contributed by atoms with E-state index in [9.17, 15) is 22.8 Å². The van der Waals surface area contributed by atoms with E-state index < -0.39 is 34.4 Å². The van der Waals surface area contributed by atoms with Crippen LogP contribution in [-0.4, -0.2) is 54.0 Å². The number of benzene rings is 2. The molecule has 198 valence electrons. The van der Waals surface area contributed by atoms with Crippen LogP contribution in [-0.2, 0) is 26.2 Å². The van der Waals surface area contributed by atoms with E-state index in [4.69, 9.17) is 23.2 Å². The first kappa shape index (κ1) is 27.4. The van der Waals surface area contributed by atoms with Crippen LogP contribution in [0.25, 0.3) is 0 Å². The van der Waals surface area contributed by atoms with Gasteiger partial charge in [-0.2, -0.15) is 0 Å². The van der Waals surface area contributed by atoms with Gasteiger partial charge in [-0.25, -0.2) is 12.7 Å². The molecular formula is C26H29Cl2N3O5S. The van der Waals surface area contributed by atoms with Gasteiger partial charge in [-0.3, -0.25) is 14.4 Å². The molecule has 0 saturated heterocycles. The fraction of sp³-hybridized carbons (Fsp3) is 0.423. The normalized spacial score (nSPS) is 17.8. The summed E-state index contributed by atoms with van der Waals surface area (Å²) in [6, 6.07) is 9.85. The zero-order chi connectivity index (χ0) is 26.7. The van der Waals surface area contributed by atoms with Crippen molar-refractivity contribution in [3.63, 3.8) is 0 Å². The third-order valence-electron chi connectivity index (χ3n) is 6.92. The third kappa shape index (κ3) is 5.63. The average molecular weight is 567 g/mol. The van der Waals surface area contributed by atoms with Gasteiger partial charge in [0.15, 0.2) is 0 Å². The molecule has 1 aliphatic carbocycles. The zero-order valence-corrected chi connectivity index (χ0v) is 22.8. The molecule has 8 nitrogen and oxygen atoms in total. The zero-order valence-electron chi connectivity index (χ0n) is 20.5. The van der Waals surface area contributed by atoms with Crippen LogP contribution in [0.5, 0.6) is 0 Å². The Morgan fingerprint density at radius 2 is 1.70 bits per heavy atom. The molecule has 1 atom stereocenters. The first-order valence-corrected chi connectivity index (χ1v) is 14.5. The highest BCUT2D eigenvalue weighted by atomic mass is 35.5. The number of nitrogens with one attached hydrogen (secondary N) is 1.